The highest BCUT2D eigenvalue weighted by molar-refractivity contribution is 6.09. The van der Waals surface area contributed by atoms with E-state index in [1.165, 1.54) is 27.6 Å². The zero-order chi connectivity index (χ0) is 45.1. The molecule has 9 rings (SSSR count). The summed E-state index contributed by atoms with van der Waals surface area (Å²) in [5, 5.41) is 2.32. The van der Waals surface area contributed by atoms with Crippen LogP contribution in [-0.2, 0) is 0 Å². The van der Waals surface area contributed by atoms with Crippen molar-refractivity contribution < 1.29 is 9.13 Å². The van der Waals surface area contributed by atoms with E-state index >= 15 is 4.39 Å². The van der Waals surface area contributed by atoms with Crippen molar-refractivity contribution >= 4 is 44.6 Å². The molecule has 0 radical (unpaired) electrons. The van der Waals surface area contributed by atoms with Crippen LogP contribution in [0.3, 0.4) is 0 Å². The van der Waals surface area contributed by atoms with E-state index < -0.39 is 0 Å². The normalized spacial score (nSPS) is 13.0. The molecule has 2 aromatic heterocycles. The van der Waals surface area contributed by atoms with Gasteiger partial charge < -0.3 is 14.5 Å². The number of ether oxygens (including phenoxy) is 1. The van der Waals surface area contributed by atoms with Crippen LogP contribution in [-0.4, -0.2) is 16.2 Å². The number of para-hydroxylation sites is 3. The molecule has 5 nitrogen and oxygen atoms in total. The molecule has 0 fully saturated rings. The second kappa shape index (κ2) is 17.0. The van der Waals surface area contributed by atoms with Crippen LogP contribution in [0.25, 0.3) is 38.8 Å². The van der Waals surface area contributed by atoms with Crippen molar-refractivity contribution in [3.05, 3.63) is 167 Å². The van der Waals surface area contributed by atoms with Gasteiger partial charge in [-0.1, -0.05) is 118 Å². The highest BCUT2D eigenvalue weighted by atomic mass is 19.1. The Bertz CT molecular complexity index is 3020. The van der Waals surface area contributed by atoms with Crippen LogP contribution in [0, 0.1) is 12.7 Å². The Hall–Kier alpha value is -6.40. The molecule has 0 saturated heterocycles. The van der Waals surface area contributed by atoms with Crippen molar-refractivity contribution in [2.45, 2.75) is 106 Å². The number of aromatic nitrogens is 2. The molecular formula is C58H61FN4O. The van der Waals surface area contributed by atoms with Gasteiger partial charge in [-0.05, 0) is 142 Å². The van der Waals surface area contributed by atoms with Gasteiger partial charge in [0.25, 0.3) is 0 Å². The molecular weight excluding hydrogens is 788 g/mol. The molecule has 0 N–H and O–H groups in total. The van der Waals surface area contributed by atoms with Gasteiger partial charge >= 0.3 is 0 Å². The number of hydrogen-bond donors (Lipinski definition) is 0. The van der Waals surface area contributed by atoms with E-state index in [4.69, 9.17) is 9.72 Å². The van der Waals surface area contributed by atoms with E-state index in [1.54, 1.807) is 6.07 Å². The van der Waals surface area contributed by atoms with Crippen molar-refractivity contribution in [2.75, 3.05) is 16.5 Å². The zero-order valence-electron chi connectivity index (χ0n) is 39.3. The third kappa shape index (κ3) is 7.51. The van der Waals surface area contributed by atoms with Gasteiger partial charge in [-0.15, -0.1) is 0 Å². The number of halogens is 1. The molecule has 6 heteroatoms. The van der Waals surface area contributed by atoms with Crippen LogP contribution in [0.4, 0.5) is 27.1 Å². The Morgan fingerprint density at radius 1 is 0.562 bits per heavy atom. The summed E-state index contributed by atoms with van der Waals surface area (Å²) in [7, 11) is 0. The van der Waals surface area contributed by atoms with Crippen molar-refractivity contribution in [1.82, 2.24) is 9.55 Å². The molecule has 0 saturated carbocycles. The topological polar surface area (TPSA) is 33.5 Å². The molecule has 1 aliphatic heterocycles. The van der Waals surface area contributed by atoms with Gasteiger partial charge in [0.05, 0.1) is 28.1 Å². The molecule has 0 unspecified atom stereocenters. The minimum Gasteiger partial charge on any atom is -0.457 e. The fourth-order valence-corrected chi connectivity index (χ4v) is 9.99. The smallest absolute Gasteiger partial charge is 0.137 e. The molecule has 0 amide bonds. The molecule has 64 heavy (non-hydrogen) atoms. The van der Waals surface area contributed by atoms with Gasteiger partial charge in [-0.25, -0.2) is 9.37 Å². The van der Waals surface area contributed by atoms with E-state index in [9.17, 15) is 0 Å². The van der Waals surface area contributed by atoms with Crippen molar-refractivity contribution in [3.8, 4) is 28.4 Å². The number of fused-ring (bicyclic) bond motifs is 4. The van der Waals surface area contributed by atoms with Crippen LogP contribution in [0.15, 0.2) is 128 Å². The fourth-order valence-electron chi connectivity index (χ4n) is 9.99. The van der Waals surface area contributed by atoms with Gasteiger partial charge in [0.1, 0.15) is 29.8 Å². The van der Waals surface area contributed by atoms with Crippen LogP contribution < -0.4 is 14.5 Å². The number of hydrogen-bond acceptors (Lipinski definition) is 4. The van der Waals surface area contributed by atoms with E-state index in [2.05, 4.69) is 199 Å². The summed E-state index contributed by atoms with van der Waals surface area (Å²) in [4.78, 5) is 9.72. The van der Waals surface area contributed by atoms with Crippen LogP contribution in [0.1, 0.15) is 132 Å². The third-order valence-corrected chi connectivity index (χ3v) is 13.2. The summed E-state index contributed by atoms with van der Waals surface area (Å²) >= 11 is 0. The van der Waals surface area contributed by atoms with Gasteiger partial charge in [0.15, 0.2) is 0 Å². The third-order valence-electron chi connectivity index (χ3n) is 13.2. The maximum absolute atomic E-state index is 15.7. The van der Waals surface area contributed by atoms with Crippen molar-refractivity contribution in [1.29, 1.82) is 0 Å². The summed E-state index contributed by atoms with van der Waals surface area (Å²) < 4.78 is 25.1. The zero-order valence-corrected chi connectivity index (χ0v) is 39.3. The first-order chi connectivity index (χ1) is 30.7. The minimum absolute atomic E-state index is 0.125. The average molecular weight is 849 g/mol. The maximum atomic E-state index is 15.7. The first-order valence-corrected chi connectivity index (χ1v) is 23.1. The monoisotopic (exact) mass is 848 g/mol. The lowest BCUT2D eigenvalue weighted by atomic mass is 9.85. The molecule has 326 valence electrons. The number of pyridine rings is 1. The molecule has 1 aliphatic rings. The quantitative estimate of drug-likeness (QED) is 0.130. The van der Waals surface area contributed by atoms with Crippen molar-refractivity contribution in [3.63, 3.8) is 0 Å². The summed E-state index contributed by atoms with van der Waals surface area (Å²) in [5.74, 6) is 3.48. The van der Waals surface area contributed by atoms with Crippen LogP contribution in [0.2, 0.25) is 0 Å². The van der Waals surface area contributed by atoms with E-state index in [-0.39, 0.29) is 17.7 Å². The lowest BCUT2D eigenvalue weighted by molar-refractivity contribution is 0.483. The lowest BCUT2D eigenvalue weighted by Gasteiger charge is -2.31. The number of anilines is 4. The average Bonchev–Trinajstić information content (AvgIpc) is 3.82. The molecule has 8 aromatic rings. The second-order valence-corrected chi connectivity index (χ2v) is 19.2. The van der Waals surface area contributed by atoms with E-state index in [1.807, 2.05) is 13.1 Å². The maximum Gasteiger partial charge on any atom is 0.137 e. The van der Waals surface area contributed by atoms with E-state index in [0.717, 1.165) is 73.2 Å². The summed E-state index contributed by atoms with van der Waals surface area (Å²) in [6.07, 6.45) is 1.92. The van der Waals surface area contributed by atoms with Crippen molar-refractivity contribution in [2.24, 2.45) is 0 Å². The fraction of sp³-hybridized carbons (Fsp3) is 0.293. The first kappa shape index (κ1) is 42.9. The largest absolute Gasteiger partial charge is 0.457 e. The Morgan fingerprint density at radius 3 is 1.89 bits per heavy atom. The molecule has 0 bridgehead atoms. The molecule has 0 atom stereocenters. The number of benzene rings is 6. The number of nitrogens with zero attached hydrogens (tertiary/aromatic N) is 4. The molecule has 3 heterocycles. The minimum atomic E-state index is -0.140. The Labute approximate surface area is 379 Å². The summed E-state index contributed by atoms with van der Waals surface area (Å²) in [6, 6.07) is 43.2. The number of rotatable bonds is 11. The molecule has 6 aromatic carbocycles. The Kier molecular flexibility index (Phi) is 11.4. The highest BCUT2D eigenvalue weighted by Gasteiger charge is 2.34. The summed E-state index contributed by atoms with van der Waals surface area (Å²) in [6.45, 7) is 24.7. The second-order valence-electron chi connectivity index (χ2n) is 19.2. The first-order valence-electron chi connectivity index (χ1n) is 23.1. The Balaban J connectivity index is 1.24. The molecule has 0 aliphatic carbocycles. The highest BCUT2D eigenvalue weighted by Crippen LogP contribution is 2.51. The van der Waals surface area contributed by atoms with Gasteiger partial charge in [0, 0.05) is 34.8 Å². The lowest BCUT2D eigenvalue weighted by Crippen LogP contribution is -2.26. The van der Waals surface area contributed by atoms with Crippen LogP contribution in [0.5, 0.6) is 11.5 Å². The summed E-state index contributed by atoms with van der Waals surface area (Å²) in [5.41, 5.74) is 15.5. The van der Waals surface area contributed by atoms with E-state index in [0.29, 0.717) is 30.0 Å². The standard InChI is InChI=1S/C58H61FN4O/c1-34(2)40-25-26-60-55(29-40)63-51-20-13-12-17-47(51)48-24-23-43(31-54(48)63)64-44-28-41(57-45(35(3)4)18-16-19-46(57)36(5)6)27-42(30-44)61-33-62(53-22-15-14-21-52(53)61)58-49(37(7)8)32-50(59)39(11)56(58)38(9)10/h12-32,34-38H,33H2,1-11H3. The predicted octanol–water partition coefficient (Wildman–Crippen LogP) is 16.9. The Morgan fingerprint density at radius 2 is 1.22 bits per heavy atom. The van der Waals surface area contributed by atoms with Crippen LogP contribution >= 0.6 is 0 Å². The van der Waals surface area contributed by atoms with Gasteiger partial charge in [0.2, 0.25) is 0 Å². The molecule has 0 spiro atoms. The van der Waals surface area contributed by atoms with Gasteiger partial charge in [-0.3, -0.25) is 4.57 Å². The predicted molar refractivity (Wildman–Crippen MR) is 268 cm³/mol. The van der Waals surface area contributed by atoms with Gasteiger partial charge in [-0.2, -0.15) is 0 Å². The SMILES string of the molecule is Cc1c(F)cc(C(C)C)c(N2CN(c3cc(Oc4ccc5c6ccccc6n(-c6cc(C(C)C)ccn6)c5c4)cc(-c4c(C(C)C)cccc4C(C)C)c3)c3ccccc32)c1C(C)C.